The second-order valence-corrected chi connectivity index (χ2v) is 9.85. The molecule has 0 amide bonds. The number of esters is 1. The summed E-state index contributed by atoms with van der Waals surface area (Å²) < 4.78 is 12.1. The van der Waals surface area contributed by atoms with Gasteiger partial charge < -0.3 is 9.47 Å². The normalized spacial score (nSPS) is 12.1. The van der Waals surface area contributed by atoms with Crippen molar-refractivity contribution in [3.05, 3.63) is 35.9 Å². The van der Waals surface area contributed by atoms with Crippen molar-refractivity contribution >= 4 is 28.6 Å². The minimum absolute atomic E-state index is 0.0790. The van der Waals surface area contributed by atoms with Gasteiger partial charge in [-0.2, -0.15) is 0 Å². The van der Waals surface area contributed by atoms with Crippen molar-refractivity contribution in [3.63, 3.8) is 0 Å². The molecule has 1 atom stereocenters. The maximum absolute atomic E-state index is 12.1. The van der Waals surface area contributed by atoms with Gasteiger partial charge in [-0.3, -0.25) is 4.79 Å². The molecule has 0 aliphatic carbocycles. The Balaban J connectivity index is 1.88. The smallest absolute Gasteiger partial charge is 0.306 e. The number of hydrogen-bond acceptors (Lipinski definition) is 3. The van der Waals surface area contributed by atoms with Crippen LogP contribution in [0.2, 0.25) is 0 Å². The van der Waals surface area contributed by atoms with Crippen LogP contribution in [-0.4, -0.2) is 23.1 Å². The van der Waals surface area contributed by atoms with Gasteiger partial charge in [0.15, 0.2) is 0 Å². The summed E-state index contributed by atoms with van der Waals surface area (Å²) in [5.74, 6) is -0.0790. The van der Waals surface area contributed by atoms with Crippen molar-refractivity contribution in [1.29, 1.82) is 0 Å². The summed E-state index contributed by atoms with van der Waals surface area (Å²) in [5.41, 5.74) is 1.14. The van der Waals surface area contributed by atoms with Gasteiger partial charge in [-0.05, 0) is 12.0 Å². The molecule has 3 nitrogen and oxygen atoms in total. The summed E-state index contributed by atoms with van der Waals surface area (Å²) in [7, 11) is 0. The van der Waals surface area contributed by atoms with E-state index in [-0.39, 0.29) is 12.1 Å². The molecule has 0 fully saturated rings. The summed E-state index contributed by atoms with van der Waals surface area (Å²) in [6, 6.07) is 10.1. The second kappa shape index (κ2) is 22.2. The molecule has 0 unspecified atom stereocenters. The van der Waals surface area contributed by atoms with Crippen LogP contribution in [0.1, 0.15) is 115 Å². The Bertz CT molecular complexity index is 535. The number of alkyl halides is 1. The molecule has 1 rings (SSSR count). The van der Waals surface area contributed by atoms with Crippen LogP contribution in [0.5, 0.6) is 0 Å². The van der Waals surface area contributed by atoms with Crippen LogP contribution in [0.4, 0.5) is 0 Å². The zero-order valence-electron chi connectivity index (χ0n) is 20.5. The molecule has 0 spiro atoms. The molecular formula is C28H47IO3. The summed E-state index contributed by atoms with van der Waals surface area (Å²) in [6.07, 6.45) is 20.4. The number of benzene rings is 1. The molecule has 0 saturated heterocycles. The highest BCUT2D eigenvalue weighted by atomic mass is 127. The molecule has 1 aromatic rings. The Morgan fingerprint density at radius 1 is 0.781 bits per heavy atom. The number of carbonyl (C=O) groups is 1. The predicted molar refractivity (Wildman–Crippen MR) is 144 cm³/mol. The molecule has 0 aliphatic rings. The number of carbonyl (C=O) groups excluding carboxylic acids is 1. The van der Waals surface area contributed by atoms with Crippen molar-refractivity contribution < 1.29 is 14.3 Å². The first-order chi connectivity index (χ1) is 15.8. The quantitative estimate of drug-likeness (QED) is 0.0618. The van der Waals surface area contributed by atoms with E-state index in [9.17, 15) is 4.79 Å². The van der Waals surface area contributed by atoms with Crippen LogP contribution in [0.15, 0.2) is 30.3 Å². The summed E-state index contributed by atoms with van der Waals surface area (Å²) >= 11 is 2.26. The average molecular weight is 559 g/mol. The molecule has 1 aromatic carbocycles. The Labute approximate surface area is 211 Å². The molecule has 0 bridgehead atoms. The third-order valence-electron chi connectivity index (χ3n) is 5.87. The van der Waals surface area contributed by atoms with Gasteiger partial charge in [-0.15, -0.1) is 0 Å². The molecule has 0 saturated carbocycles. The first-order valence-corrected chi connectivity index (χ1v) is 14.7. The van der Waals surface area contributed by atoms with Gasteiger partial charge in [0.2, 0.25) is 0 Å². The summed E-state index contributed by atoms with van der Waals surface area (Å²) in [5, 5.41) is 0. The predicted octanol–water partition coefficient (Wildman–Crippen LogP) is 8.81. The van der Waals surface area contributed by atoms with Crippen LogP contribution in [-0.2, 0) is 20.9 Å². The Hall–Kier alpha value is -0.620. The third-order valence-corrected chi connectivity index (χ3v) is 6.85. The monoisotopic (exact) mass is 558 g/mol. The standard InChI is InChI=1S/C28H47IO3/c1-2-3-4-5-6-7-8-9-10-11-12-13-14-15-19-22-28(30)32-27(23-29)25-31-24-26-20-17-16-18-21-26/h16-18,20-21,27H,2-15,19,22-25H2,1H3/t27-/m0/s1. The van der Waals surface area contributed by atoms with E-state index in [4.69, 9.17) is 9.47 Å². The van der Waals surface area contributed by atoms with E-state index in [0.717, 1.165) is 22.8 Å². The van der Waals surface area contributed by atoms with Gasteiger partial charge in [0, 0.05) is 10.8 Å². The fourth-order valence-corrected chi connectivity index (χ4v) is 4.31. The Morgan fingerprint density at radius 2 is 1.28 bits per heavy atom. The fourth-order valence-electron chi connectivity index (χ4n) is 3.88. The molecule has 0 radical (unpaired) electrons. The van der Waals surface area contributed by atoms with Crippen LogP contribution in [0, 0.1) is 0 Å². The molecular weight excluding hydrogens is 511 g/mol. The van der Waals surface area contributed by atoms with Gasteiger partial charge in [0.1, 0.15) is 6.10 Å². The number of rotatable bonds is 22. The minimum Gasteiger partial charge on any atom is -0.459 e. The van der Waals surface area contributed by atoms with Crippen molar-refractivity contribution in [3.8, 4) is 0 Å². The highest BCUT2D eigenvalue weighted by Gasteiger charge is 2.13. The van der Waals surface area contributed by atoms with Crippen LogP contribution in [0.25, 0.3) is 0 Å². The van der Waals surface area contributed by atoms with Crippen molar-refractivity contribution in [2.45, 2.75) is 122 Å². The van der Waals surface area contributed by atoms with Gasteiger partial charge in [0.25, 0.3) is 0 Å². The molecule has 32 heavy (non-hydrogen) atoms. The molecule has 0 heterocycles. The number of unbranched alkanes of at least 4 members (excludes halogenated alkanes) is 14. The SMILES string of the molecule is CCCCCCCCCCCCCCCCCC(=O)O[C@@H](CI)COCc1ccccc1. The lowest BCUT2D eigenvalue weighted by Crippen LogP contribution is -2.25. The lowest BCUT2D eigenvalue weighted by Gasteiger charge is -2.16. The molecule has 0 N–H and O–H groups in total. The van der Waals surface area contributed by atoms with Crippen molar-refractivity contribution in [1.82, 2.24) is 0 Å². The maximum atomic E-state index is 12.1. The first kappa shape index (κ1) is 29.4. The van der Waals surface area contributed by atoms with E-state index in [2.05, 4.69) is 29.5 Å². The molecule has 4 heteroatoms. The van der Waals surface area contributed by atoms with E-state index in [1.54, 1.807) is 0 Å². The van der Waals surface area contributed by atoms with Gasteiger partial charge >= 0.3 is 5.97 Å². The molecule has 0 aromatic heterocycles. The number of ether oxygens (including phenoxy) is 2. The fraction of sp³-hybridized carbons (Fsp3) is 0.750. The highest BCUT2D eigenvalue weighted by molar-refractivity contribution is 14.1. The van der Waals surface area contributed by atoms with E-state index < -0.39 is 0 Å². The highest BCUT2D eigenvalue weighted by Crippen LogP contribution is 2.14. The number of hydrogen-bond donors (Lipinski definition) is 0. The molecule has 184 valence electrons. The van der Waals surface area contributed by atoms with Gasteiger partial charge in [-0.25, -0.2) is 0 Å². The Kier molecular flexibility index (Phi) is 20.4. The topological polar surface area (TPSA) is 35.5 Å². The maximum Gasteiger partial charge on any atom is 0.306 e. The van der Waals surface area contributed by atoms with E-state index in [0.29, 0.717) is 19.6 Å². The Morgan fingerprint density at radius 3 is 1.78 bits per heavy atom. The lowest BCUT2D eigenvalue weighted by atomic mass is 10.0. The second-order valence-electron chi connectivity index (χ2n) is 8.97. The van der Waals surface area contributed by atoms with Gasteiger partial charge in [-0.1, -0.05) is 150 Å². The van der Waals surface area contributed by atoms with Gasteiger partial charge in [0.05, 0.1) is 13.2 Å². The summed E-state index contributed by atoms with van der Waals surface area (Å²) in [6.45, 7) is 3.30. The lowest BCUT2D eigenvalue weighted by molar-refractivity contribution is -0.150. The zero-order valence-corrected chi connectivity index (χ0v) is 22.7. The first-order valence-electron chi connectivity index (χ1n) is 13.1. The zero-order chi connectivity index (χ0) is 23.1. The third kappa shape index (κ3) is 17.9. The van der Waals surface area contributed by atoms with Crippen LogP contribution in [0.3, 0.4) is 0 Å². The minimum atomic E-state index is -0.150. The van der Waals surface area contributed by atoms with Crippen LogP contribution < -0.4 is 0 Å². The molecule has 0 aliphatic heterocycles. The van der Waals surface area contributed by atoms with E-state index in [1.807, 2.05) is 30.3 Å². The summed E-state index contributed by atoms with van der Waals surface area (Å²) in [4.78, 5) is 12.1. The van der Waals surface area contributed by atoms with Crippen molar-refractivity contribution in [2.75, 3.05) is 11.0 Å². The largest absolute Gasteiger partial charge is 0.459 e. The van der Waals surface area contributed by atoms with E-state index in [1.165, 1.54) is 83.5 Å². The average Bonchev–Trinajstić information content (AvgIpc) is 2.81. The van der Waals surface area contributed by atoms with Crippen molar-refractivity contribution in [2.24, 2.45) is 0 Å². The van der Waals surface area contributed by atoms with E-state index >= 15 is 0 Å². The van der Waals surface area contributed by atoms with Crippen LogP contribution >= 0.6 is 22.6 Å². The number of halogens is 1.